The van der Waals surface area contributed by atoms with Crippen LogP contribution in [0.4, 0.5) is 11.4 Å². The Bertz CT molecular complexity index is 869. The van der Waals surface area contributed by atoms with E-state index in [1.165, 1.54) is 0 Å². The Kier molecular flexibility index (Phi) is 6.62. The second-order valence-corrected chi connectivity index (χ2v) is 7.91. The molecule has 1 unspecified atom stereocenters. The summed E-state index contributed by atoms with van der Waals surface area (Å²) in [6.45, 7) is 4.06. The van der Waals surface area contributed by atoms with Gasteiger partial charge < -0.3 is 10.1 Å². The van der Waals surface area contributed by atoms with Crippen molar-refractivity contribution >= 4 is 35.0 Å². The number of amides is 2. The molecule has 2 aromatic rings. The molecular weight excluding hydrogens is 372 g/mol. The lowest BCUT2D eigenvalue weighted by Crippen LogP contribution is -2.29. The number of thioether (sulfide) groups is 1. The Morgan fingerprint density at radius 2 is 2.07 bits per heavy atom. The molecule has 0 radical (unpaired) electrons. The molecule has 1 atom stereocenters. The van der Waals surface area contributed by atoms with Gasteiger partial charge >= 0.3 is 0 Å². The summed E-state index contributed by atoms with van der Waals surface area (Å²) in [4.78, 5) is 26.8. The van der Waals surface area contributed by atoms with Crippen molar-refractivity contribution in [1.82, 2.24) is 0 Å². The molecule has 0 aliphatic carbocycles. The number of carbonyl (C=O) groups is 2. The van der Waals surface area contributed by atoms with Crippen LogP contribution in [0, 0.1) is 6.92 Å². The fraction of sp³-hybridized carbons (Fsp3) is 0.364. The number of carbonyl (C=O) groups excluding carboxylic acids is 2. The van der Waals surface area contributed by atoms with E-state index in [-0.39, 0.29) is 17.2 Å². The smallest absolute Gasteiger partial charge is 0.238 e. The third-order valence-corrected chi connectivity index (χ3v) is 5.91. The highest BCUT2D eigenvalue weighted by Crippen LogP contribution is 2.46. The van der Waals surface area contributed by atoms with Crippen molar-refractivity contribution in [3.63, 3.8) is 0 Å². The number of nitrogens with zero attached hydrogens (tertiary/aromatic N) is 1. The molecule has 1 aliphatic heterocycles. The Labute approximate surface area is 170 Å². The number of para-hydroxylation sites is 1. The molecule has 3 rings (SSSR count). The van der Waals surface area contributed by atoms with Crippen molar-refractivity contribution in [3.05, 3.63) is 53.6 Å². The van der Waals surface area contributed by atoms with E-state index in [0.717, 1.165) is 35.3 Å². The van der Waals surface area contributed by atoms with E-state index in [9.17, 15) is 9.59 Å². The Balaban J connectivity index is 1.96. The monoisotopic (exact) mass is 398 g/mol. The summed E-state index contributed by atoms with van der Waals surface area (Å²) in [5.74, 6) is 1.09. The number of nitrogens with one attached hydrogen (secondary N) is 1. The molecule has 2 aromatic carbocycles. The van der Waals surface area contributed by atoms with Gasteiger partial charge in [0, 0.05) is 17.7 Å². The van der Waals surface area contributed by atoms with Crippen LogP contribution in [0.2, 0.25) is 0 Å². The first kappa shape index (κ1) is 20.3. The molecule has 1 fully saturated rings. The van der Waals surface area contributed by atoms with Crippen molar-refractivity contribution in [2.45, 2.75) is 38.5 Å². The van der Waals surface area contributed by atoms with E-state index in [2.05, 4.69) is 12.2 Å². The quantitative estimate of drug-likeness (QED) is 0.720. The second kappa shape index (κ2) is 9.15. The normalized spacial score (nSPS) is 16.3. The molecule has 0 spiro atoms. The van der Waals surface area contributed by atoms with Crippen molar-refractivity contribution in [1.29, 1.82) is 0 Å². The van der Waals surface area contributed by atoms with E-state index in [0.29, 0.717) is 17.9 Å². The van der Waals surface area contributed by atoms with Gasteiger partial charge in [0.05, 0.1) is 18.6 Å². The largest absolute Gasteiger partial charge is 0.495 e. The van der Waals surface area contributed by atoms with Crippen molar-refractivity contribution in [2.75, 3.05) is 23.1 Å². The summed E-state index contributed by atoms with van der Waals surface area (Å²) in [6, 6.07) is 13.5. The summed E-state index contributed by atoms with van der Waals surface area (Å²) in [5, 5.41) is 2.81. The van der Waals surface area contributed by atoms with Gasteiger partial charge in [-0.3, -0.25) is 14.5 Å². The molecule has 1 saturated heterocycles. The van der Waals surface area contributed by atoms with Gasteiger partial charge in [-0.05, 0) is 37.1 Å². The highest BCUT2D eigenvalue weighted by atomic mass is 32.2. The molecule has 28 heavy (non-hydrogen) atoms. The number of anilines is 2. The van der Waals surface area contributed by atoms with Gasteiger partial charge in [0.2, 0.25) is 11.8 Å². The summed E-state index contributed by atoms with van der Waals surface area (Å²) in [6.07, 6.45) is 2.33. The fourth-order valence-corrected chi connectivity index (χ4v) is 4.48. The highest BCUT2D eigenvalue weighted by molar-refractivity contribution is 8.00. The van der Waals surface area contributed by atoms with Crippen LogP contribution in [0.25, 0.3) is 0 Å². The van der Waals surface area contributed by atoms with Crippen LogP contribution in [0.1, 0.15) is 42.7 Å². The fourth-order valence-electron chi connectivity index (χ4n) is 3.28. The minimum absolute atomic E-state index is 0.00306. The Morgan fingerprint density at radius 3 is 2.82 bits per heavy atom. The SMILES string of the molecule is CCCCC(=O)Nc1ccccc1C1SCC(=O)N1c1cc(C)ccc1OC. The number of hydrogen-bond acceptors (Lipinski definition) is 4. The lowest BCUT2D eigenvalue weighted by Gasteiger charge is -2.27. The van der Waals surface area contributed by atoms with E-state index in [1.54, 1.807) is 23.8 Å². The number of benzene rings is 2. The van der Waals surface area contributed by atoms with Crippen LogP contribution in [0.5, 0.6) is 5.75 Å². The van der Waals surface area contributed by atoms with Gasteiger partial charge in [0.15, 0.2) is 0 Å². The van der Waals surface area contributed by atoms with Gasteiger partial charge in [-0.2, -0.15) is 0 Å². The first-order chi connectivity index (χ1) is 13.5. The predicted molar refractivity (Wildman–Crippen MR) is 115 cm³/mol. The molecule has 0 saturated carbocycles. The number of ether oxygens (including phenoxy) is 1. The van der Waals surface area contributed by atoms with Crippen LogP contribution in [0.15, 0.2) is 42.5 Å². The van der Waals surface area contributed by atoms with Gasteiger partial charge in [0.25, 0.3) is 0 Å². The first-order valence-electron chi connectivity index (χ1n) is 9.52. The van der Waals surface area contributed by atoms with E-state index in [1.807, 2.05) is 49.4 Å². The third-order valence-electron chi connectivity index (χ3n) is 4.72. The van der Waals surface area contributed by atoms with Crippen molar-refractivity contribution in [2.24, 2.45) is 0 Å². The highest BCUT2D eigenvalue weighted by Gasteiger charge is 2.37. The lowest BCUT2D eigenvalue weighted by atomic mass is 10.1. The van der Waals surface area contributed by atoms with E-state index in [4.69, 9.17) is 4.74 Å². The summed E-state index contributed by atoms with van der Waals surface area (Å²) in [5.41, 5.74) is 3.49. The topological polar surface area (TPSA) is 58.6 Å². The minimum atomic E-state index is -0.217. The van der Waals surface area contributed by atoms with Crippen molar-refractivity contribution in [3.8, 4) is 5.75 Å². The zero-order chi connectivity index (χ0) is 20.1. The minimum Gasteiger partial charge on any atom is -0.495 e. The number of aryl methyl sites for hydroxylation is 1. The van der Waals surface area contributed by atoms with Crippen LogP contribution >= 0.6 is 11.8 Å². The van der Waals surface area contributed by atoms with Crippen LogP contribution in [0.3, 0.4) is 0 Å². The summed E-state index contributed by atoms with van der Waals surface area (Å²) < 4.78 is 5.51. The van der Waals surface area contributed by atoms with Gasteiger partial charge in [-0.25, -0.2) is 0 Å². The number of methoxy groups -OCH3 is 1. The van der Waals surface area contributed by atoms with Gasteiger partial charge in [0.1, 0.15) is 11.1 Å². The molecule has 5 nitrogen and oxygen atoms in total. The molecule has 2 amide bonds. The molecule has 148 valence electrons. The second-order valence-electron chi connectivity index (χ2n) is 6.84. The molecule has 1 N–H and O–H groups in total. The van der Waals surface area contributed by atoms with Crippen LogP contribution < -0.4 is 15.0 Å². The van der Waals surface area contributed by atoms with Crippen molar-refractivity contribution < 1.29 is 14.3 Å². The van der Waals surface area contributed by atoms with Gasteiger partial charge in [-0.1, -0.05) is 37.6 Å². The Morgan fingerprint density at radius 1 is 1.29 bits per heavy atom. The molecule has 6 heteroatoms. The lowest BCUT2D eigenvalue weighted by molar-refractivity contribution is -0.116. The van der Waals surface area contributed by atoms with E-state index >= 15 is 0 Å². The zero-order valence-electron chi connectivity index (χ0n) is 16.5. The molecular formula is C22H26N2O3S. The zero-order valence-corrected chi connectivity index (χ0v) is 17.3. The van der Waals surface area contributed by atoms with Gasteiger partial charge in [-0.15, -0.1) is 11.8 Å². The summed E-state index contributed by atoms with van der Waals surface area (Å²) in [7, 11) is 1.61. The van der Waals surface area contributed by atoms with Crippen LogP contribution in [-0.2, 0) is 9.59 Å². The Hall–Kier alpha value is -2.47. The third kappa shape index (κ3) is 4.33. The molecule has 1 heterocycles. The van der Waals surface area contributed by atoms with Crippen LogP contribution in [-0.4, -0.2) is 24.7 Å². The maximum Gasteiger partial charge on any atom is 0.238 e. The first-order valence-corrected chi connectivity index (χ1v) is 10.6. The number of hydrogen-bond donors (Lipinski definition) is 1. The average molecular weight is 399 g/mol. The maximum atomic E-state index is 12.8. The molecule has 0 aromatic heterocycles. The number of unbranched alkanes of at least 4 members (excludes halogenated alkanes) is 1. The number of rotatable bonds is 7. The molecule has 1 aliphatic rings. The standard InChI is InChI=1S/C22H26N2O3S/c1-4-5-10-20(25)23-17-9-7-6-8-16(17)22-24(21(26)14-28-22)18-13-15(2)11-12-19(18)27-3/h6-9,11-13,22H,4-5,10,14H2,1-3H3,(H,23,25). The predicted octanol–water partition coefficient (Wildman–Crippen LogP) is 4.91. The molecule has 0 bridgehead atoms. The van der Waals surface area contributed by atoms with E-state index < -0.39 is 0 Å². The maximum absolute atomic E-state index is 12.8. The summed E-state index contributed by atoms with van der Waals surface area (Å²) >= 11 is 1.56. The average Bonchev–Trinajstić information content (AvgIpc) is 3.07.